The van der Waals surface area contributed by atoms with Crippen LogP contribution in [0.2, 0.25) is 0 Å². The number of halogens is 2. The Morgan fingerprint density at radius 1 is 0.962 bits per heavy atom. The molecule has 3 aromatic carbocycles. The van der Waals surface area contributed by atoms with Crippen molar-refractivity contribution in [3.8, 4) is 0 Å². The van der Waals surface area contributed by atoms with Crippen LogP contribution < -0.4 is 10.2 Å². The SMILES string of the molecule is Cc1ccc(N2C(=O)c3ccccc3NC2c2ccc(F)cc2)c(F)c1. The van der Waals surface area contributed by atoms with Crippen LogP contribution in [0.4, 0.5) is 20.2 Å². The van der Waals surface area contributed by atoms with E-state index in [0.29, 0.717) is 16.8 Å². The third kappa shape index (κ3) is 2.71. The number of carbonyl (C=O) groups excluding carboxylic acids is 1. The van der Waals surface area contributed by atoms with Crippen LogP contribution in [0.3, 0.4) is 0 Å². The van der Waals surface area contributed by atoms with E-state index in [1.165, 1.54) is 23.1 Å². The van der Waals surface area contributed by atoms with Gasteiger partial charge in [-0.1, -0.05) is 30.3 Å². The number of benzene rings is 3. The molecule has 0 spiro atoms. The Morgan fingerprint density at radius 2 is 1.69 bits per heavy atom. The quantitative estimate of drug-likeness (QED) is 0.702. The van der Waals surface area contributed by atoms with Crippen LogP contribution in [0.25, 0.3) is 0 Å². The lowest BCUT2D eigenvalue weighted by Gasteiger charge is -2.38. The predicted molar refractivity (Wildman–Crippen MR) is 97.2 cm³/mol. The maximum Gasteiger partial charge on any atom is 0.262 e. The summed E-state index contributed by atoms with van der Waals surface area (Å²) in [6.45, 7) is 1.79. The molecule has 1 N–H and O–H groups in total. The molecule has 1 aliphatic heterocycles. The van der Waals surface area contributed by atoms with Gasteiger partial charge in [0.15, 0.2) is 0 Å². The molecule has 0 radical (unpaired) electrons. The molecule has 4 rings (SSSR count). The van der Waals surface area contributed by atoms with E-state index in [2.05, 4.69) is 5.32 Å². The molecule has 0 bridgehead atoms. The minimum atomic E-state index is -0.643. The lowest BCUT2D eigenvalue weighted by atomic mass is 10.0. The van der Waals surface area contributed by atoms with Gasteiger partial charge < -0.3 is 5.32 Å². The van der Waals surface area contributed by atoms with E-state index in [1.807, 2.05) is 6.07 Å². The minimum Gasteiger partial charge on any atom is -0.360 e. The van der Waals surface area contributed by atoms with Crippen molar-refractivity contribution in [1.82, 2.24) is 0 Å². The lowest BCUT2D eigenvalue weighted by Crippen LogP contribution is -2.43. The highest BCUT2D eigenvalue weighted by Gasteiger charge is 2.35. The first-order valence-corrected chi connectivity index (χ1v) is 8.25. The van der Waals surface area contributed by atoms with Crippen LogP contribution in [-0.4, -0.2) is 5.91 Å². The Balaban J connectivity index is 1.88. The number of fused-ring (bicyclic) bond motifs is 1. The van der Waals surface area contributed by atoms with Crippen molar-refractivity contribution in [2.75, 3.05) is 10.2 Å². The monoisotopic (exact) mass is 350 g/mol. The van der Waals surface area contributed by atoms with Gasteiger partial charge in [-0.15, -0.1) is 0 Å². The molecule has 1 heterocycles. The zero-order valence-corrected chi connectivity index (χ0v) is 14.0. The van der Waals surface area contributed by atoms with Gasteiger partial charge in [0.05, 0.1) is 11.3 Å². The zero-order chi connectivity index (χ0) is 18.3. The molecule has 26 heavy (non-hydrogen) atoms. The van der Waals surface area contributed by atoms with Crippen molar-refractivity contribution < 1.29 is 13.6 Å². The third-order valence-corrected chi connectivity index (χ3v) is 4.48. The molecule has 3 nitrogen and oxygen atoms in total. The predicted octanol–water partition coefficient (Wildman–Crippen LogP) is 5.04. The summed E-state index contributed by atoms with van der Waals surface area (Å²) in [5.41, 5.74) is 2.73. The van der Waals surface area contributed by atoms with Gasteiger partial charge in [-0.05, 0) is 54.4 Å². The van der Waals surface area contributed by atoms with Crippen molar-refractivity contribution in [3.63, 3.8) is 0 Å². The Labute approximate surface area is 149 Å². The summed E-state index contributed by atoms with van der Waals surface area (Å²) in [7, 11) is 0. The average molecular weight is 350 g/mol. The second-order valence-corrected chi connectivity index (χ2v) is 6.27. The van der Waals surface area contributed by atoms with Gasteiger partial charge in [-0.2, -0.15) is 0 Å². The second kappa shape index (κ2) is 6.26. The molecular formula is C21H16F2N2O. The van der Waals surface area contributed by atoms with Gasteiger partial charge >= 0.3 is 0 Å². The fourth-order valence-electron chi connectivity index (χ4n) is 3.19. The largest absolute Gasteiger partial charge is 0.360 e. The summed E-state index contributed by atoms with van der Waals surface area (Å²) in [4.78, 5) is 14.5. The molecule has 0 saturated heterocycles. The molecule has 1 aliphatic rings. The maximum atomic E-state index is 14.7. The van der Waals surface area contributed by atoms with Crippen molar-refractivity contribution >= 4 is 17.3 Å². The summed E-state index contributed by atoms with van der Waals surface area (Å²) < 4.78 is 28.0. The molecule has 5 heteroatoms. The summed E-state index contributed by atoms with van der Waals surface area (Å²) in [6, 6.07) is 17.7. The van der Waals surface area contributed by atoms with Crippen LogP contribution in [0, 0.1) is 18.6 Å². The highest BCUT2D eigenvalue weighted by Crippen LogP contribution is 2.37. The fraction of sp³-hybridized carbons (Fsp3) is 0.0952. The molecule has 130 valence electrons. The molecule has 1 atom stereocenters. The maximum absolute atomic E-state index is 14.7. The summed E-state index contributed by atoms with van der Waals surface area (Å²) in [5.74, 6) is -1.16. The fourth-order valence-corrected chi connectivity index (χ4v) is 3.19. The summed E-state index contributed by atoms with van der Waals surface area (Å²) in [6.07, 6.45) is -0.643. The standard InChI is InChI=1S/C21H16F2N2O/c1-13-6-11-19(17(23)12-13)25-20(14-7-9-15(22)10-8-14)24-18-5-3-2-4-16(18)21(25)26/h2-12,20,24H,1H3. The number of anilines is 2. The average Bonchev–Trinajstić information content (AvgIpc) is 2.63. The van der Waals surface area contributed by atoms with Gasteiger partial charge in [0.2, 0.25) is 0 Å². The van der Waals surface area contributed by atoms with Gasteiger partial charge in [0.25, 0.3) is 5.91 Å². The Morgan fingerprint density at radius 3 is 2.42 bits per heavy atom. The Kier molecular flexibility index (Phi) is 3.92. The number of carbonyl (C=O) groups is 1. The van der Waals surface area contributed by atoms with E-state index in [4.69, 9.17) is 0 Å². The number of para-hydroxylation sites is 1. The highest BCUT2D eigenvalue weighted by atomic mass is 19.1. The first kappa shape index (κ1) is 16.3. The van der Waals surface area contributed by atoms with Crippen LogP contribution in [0.15, 0.2) is 66.7 Å². The molecule has 0 aromatic heterocycles. The van der Waals surface area contributed by atoms with Crippen LogP contribution in [-0.2, 0) is 0 Å². The molecule has 1 unspecified atom stereocenters. The number of rotatable bonds is 2. The van der Waals surface area contributed by atoms with E-state index in [1.54, 1.807) is 49.4 Å². The molecule has 1 amide bonds. The first-order chi connectivity index (χ1) is 12.5. The number of hydrogen-bond donors (Lipinski definition) is 1. The van der Waals surface area contributed by atoms with E-state index in [-0.39, 0.29) is 17.4 Å². The number of aryl methyl sites for hydroxylation is 1. The van der Waals surface area contributed by atoms with Gasteiger partial charge in [0, 0.05) is 5.69 Å². The minimum absolute atomic E-state index is 0.178. The van der Waals surface area contributed by atoms with Gasteiger partial charge in [0.1, 0.15) is 17.8 Å². The normalized spacial score (nSPS) is 16.2. The van der Waals surface area contributed by atoms with Crippen molar-refractivity contribution in [3.05, 3.63) is 95.1 Å². The molecule has 3 aromatic rings. The molecule has 0 aliphatic carbocycles. The highest BCUT2D eigenvalue weighted by molar-refractivity contribution is 6.12. The molecule has 0 fully saturated rings. The number of hydrogen-bond acceptors (Lipinski definition) is 2. The second-order valence-electron chi connectivity index (χ2n) is 6.27. The van der Waals surface area contributed by atoms with Crippen molar-refractivity contribution in [2.45, 2.75) is 13.1 Å². The Hall–Kier alpha value is -3.21. The Bertz CT molecular complexity index is 986. The molecular weight excluding hydrogens is 334 g/mol. The van der Waals surface area contributed by atoms with Gasteiger partial charge in [-0.25, -0.2) is 8.78 Å². The number of nitrogens with one attached hydrogen (secondary N) is 1. The first-order valence-electron chi connectivity index (χ1n) is 8.25. The van der Waals surface area contributed by atoms with Crippen molar-refractivity contribution in [2.24, 2.45) is 0 Å². The topological polar surface area (TPSA) is 32.3 Å². The summed E-state index contributed by atoms with van der Waals surface area (Å²) >= 11 is 0. The van der Waals surface area contributed by atoms with E-state index in [0.717, 1.165) is 5.56 Å². The van der Waals surface area contributed by atoms with Crippen LogP contribution in [0.5, 0.6) is 0 Å². The van der Waals surface area contributed by atoms with Gasteiger partial charge in [-0.3, -0.25) is 9.69 Å². The van der Waals surface area contributed by atoms with E-state index in [9.17, 15) is 13.6 Å². The van der Waals surface area contributed by atoms with Crippen molar-refractivity contribution in [1.29, 1.82) is 0 Å². The van der Waals surface area contributed by atoms with E-state index < -0.39 is 12.0 Å². The summed E-state index contributed by atoms with van der Waals surface area (Å²) in [5, 5.41) is 3.27. The lowest BCUT2D eigenvalue weighted by molar-refractivity contribution is 0.0974. The number of nitrogens with zero attached hydrogens (tertiary/aromatic N) is 1. The smallest absolute Gasteiger partial charge is 0.262 e. The van der Waals surface area contributed by atoms with E-state index >= 15 is 0 Å². The van der Waals surface area contributed by atoms with Crippen LogP contribution in [0.1, 0.15) is 27.7 Å². The van der Waals surface area contributed by atoms with Crippen LogP contribution >= 0.6 is 0 Å². The molecule has 0 saturated carbocycles. The number of amides is 1. The third-order valence-electron chi connectivity index (χ3n) is 4.48. The zero-order valence-electron chi connectivity index (χ0n) is 14.0.